The number of aliphatic imine (C=N–C) groups is 1. The zero-order chi connectivity index (χ0) is 17.8. The highest BCUT2D eigenvalue weighted by atomic mass is 79.9. The number of benzene rings is 2. The monoisotopic (exact) mass is 403 g/mol. The number of fused-ring (bicyclic) bond motifs is 1. The maximum atomic E-state index is 6.03. The lowest BCUT2D eigenvalue weighted by atomic mass is 10.1. The Bertz CT molecular complexity index is 805. The highest BCUT2D eigenvalue weighted by molar-refractivity contribution is 9.10. The molecule has 0 aromatic heterocycles. The SMILES string of the molecule is COc1cc(CN=C(N)Nc2ccc3c(c2)CCC3)cc(Br)c1OC. The summed E-state index contributed by atoms with van der Waals surface area (Å²) in [6.07, 6.45) is 3.55. The zero-order valence-corrected chi connectivity index (χ0v) is 16.0. The molecule has 0 fully saturated rings. The largest absolute Gasteiger partial charge is 0.493 e. The van der Waals surface area contributed by atoms with Gasteiger partial charge in [-0.3, -0.25) is 0 Å². The maximum Gasteiger partial charge on any atom is 0.193 e. The Morgan fingerprint density at radius 1 is 1.16 bits per heavy atom. The van der Waals surface area contributed by atoms with Gasteiger partial charge in [0.1, 0.15) is 0 Å². The van der Waals surface area contributed by atoms with E-state index in [9.17, 15) is 0 Å². The molecule has 0 aliphatic heterocycles. The van der Waals surface area contributed by atoms with E-state index in [4.69, 9.17) is 15.2 Å². The summed E-state index contributed by atoms with van der Waals surface area (Å²) in [7, 11) is 3.22. The first-order valence-electron chi connectivity index (χ1n) is 8.20. The Hall–Kier alpha value is -2.21. The molecule has 0 saturated heterocycles. The second kappa shape index (κ2) is 7.78. The topological polar surface area (TPSA) is 68.9 Å². The lowest BCUT2D eigenvalue weighted by molar-refractivity contribution is 0.352. The first kappa shape index (κ1) is 17.6. The number of halogens is 1. The Labute approximate surface area is 156 Å². The summed E-state index contributed by atoms with van der Waals surface area (Å²) in [6.45, 7) is 0.447. The van der Waals surface area contributed by atoms with E-state index in [1.165, 1.54) is 24.0 Å². The zero-order valence-electron chi connectivity index (χ0n) is 14.4. The van der Waals surface area contributed by atoms with Crippen molar-refractivity contribution in [2.75, 3.05) is 19.5 Å². The predicted octanol–water partition coefficient (Wildman–Crippen LogP) is 3.88. The minimum atomic E-state index is 0.392. The highest BCUT2D eigenvalue weighted by Gasteiger charge is 2.12. The van der Waals surface area contributed by atoms with Crippen molar-refractivity contribution in [1.82, 2.24) is 0 Å². The number of aryl methyl sites for hydroxylation is 2. The molecule has 0 amide bonds. The molecule has 0 atom stereocenters. The lowest BCUT2D eigenvalue weighted by Gasteiger charge is -2.11. The number of ether oxygens (including phenoxy) is 2. The number of nitrogens with one attached hydrogen (secondary N) is 1. The molecule has 0 saturated carbocycles. The van der Waals surface area contributed by atoms with Crippen molar-refractivity contribution in [2.24, 2.45) is 10.7 Å². The normalized spacial score (nSPS) is 13.5. The molecule has 132 valence electrons. The summed E-state index contributed by atoms with van der Waals surface area (Å²) in [6, 6.07) is 10.2. The molecule has 2 aromatic carbocycles. The van der Waals surface area contributed by atoms with Gasteiger partial charge in [0.2, 0.25) is 0 Å². The second-order valence-electron chi connectivity index (χ2n) is 5.98. The van der Waals surface area contributed by atoms with Crippen LogP contribution in [0.4, 0.5) is 5.69 Å². The van der Waals surface area contributed by atoms with Gasteiger partial charge in [-0.25, -0.2) is 4.99 Å². The number of methoxy groups -OCH3 is 2. The predicted molar refractivity (Wildman–Crippen MR) is 105 cm³/mol. The fourth-order valence-electron chi connectivity index (χ4n) is 3.08. The molecular weight excluding hydrogens is 382 g/mol. The van der Waals surface area contributed by atoms with E-state index in [1.54, 1.807) is 14.2 Å². The first-order chi connectivity index (χ1) is 12.1. The van der Waals surface area contributed by atoms with Crippen molar-refractivity contribution in [3.8, 4) is 11.5 Å². The van der Waals surface area contributed by atoms with E-state index < -0.39 is 0 Å². The van der Waals surface area contributed by atoms with Gasteiger partial charge in [-0.1, -0.05) is 6.07 Å². The number of nitrogens with zero attached hydrogens (tertiary/aromatic N) is 1. The van der Waals surface area contributed by atoms with Gasteiger partial charge in [0.25, 0.3) is 0 Å². The van der Waals surface area contributed by atoms with Crippen LogP contribution < -0.4 is 20.5 Å². The minimum absolute atomic E-state index is 0.392. The number of anilines is 1. The van der Waals surface area contributed by atoms with Gasteiger partial charge in [0.15, 0.2) is 17.5 Å². The van der Waals surface area contributed by atoms with Crippen LogP contribution in [0.3, 0.4) is 0 Å². The average molecular weight is 404 g/mol. The Morgan fingerprint density at radius 3 is 2.72 bits per heavy atom. The van der Waals surface area contributed by atoms with Crippen molar-refractivity contribution >= 4 is 27.6 Å². The van der Waals surface area contributed by atoms with E-state index in [0.717, 1.165) is 22.1 Å². The first-order valence-corrected chi connectivity index (χ1v) is 8.99. The molecule has 6 heteroatoms. The molecule has 5 nitrogen and oxygen atoms in total. The highest BCUT2D eigenvalue weighted by Crippen LogP contribution is 2.36. The van der Waals surface area contributed by atoms with Crippen LogP contribution in [0.1, 0.15) is 23.1 Å². The van der Waals surface area contributed by atoms with E-state index in [2.05, 4.69) is 44.4 Å². The fourth-order valence-corrected chi connectivity index (χ4v) is 3.73. The molecule has 1 aliphatic carbocycles. The van der Waals surface area contributed by atoms with Gasteiger partial charge >= 0.3 is 0 Å². The lowest BCUT2D eigenvalue weighted by Crippen LogP contribution is -2.22. The summed E-state index contributed by atoms with van der Waals surface area (Å²) in [5, 5.41) is 3.17. The van der Waals surface area contributed by atoms with Crippen molar-refractivity contribution in [1.29, 1.82) is 0 Å². The van der Waals surface area contributed by atoms with Crippen LogP contribution in [0.2, 0.25) is 0 Å². The van der Waals surface area contributed by atoms with Gasteiger partial charge in [0, 0.05) is 5.69 Å². The summed E-state index contributed by atoms with van der Waals surface area (Å²) >= 11 is 3.49. The van der Waals surface area contributed by atoms with E-state index in [1.807, 2.05) is 12.1 Å². The van der Waals surface area contributed by atoms with E-state index in [-0.39, 0.29) is 0 Å². The van der Waals surface area contributed by atoms with Crippen LogP contribution in [0.5, 0.6) is 11.5 Å². The summed E-state index contributed by atoms with van der Waals surface area (Å²) in [5.74, 6) is 1.72. The van der Waals surface area contributed by atoms with Crippen LogP contribution in [-0.2, 0) is 19.4 Å². The molecule has 0 unspecified atom stereocenters. The Balaban J connectivity index is 1.70. The van der Waals surface area contributed by atoms with Gasteiger partial charge in [-0.05, 0) is 76.1 Å². The number of hydrogen-bond acceptors (Lipinski definition) is 3. The number of rotatable bonds is 5. The van der Waals surface area contributed by atoms with Crippen LogP contribution in [0.25, 0.3) is 0 Å². The number of nitrogens with two attached hydrogens (primary N) is 1. The third-order valence-corrected chi connectivity index (χ3v) is 4.89. The molecule has 3 N–H and O–H groups in total. The average Bonchev–Trinajstić information content (AvgIpc) is 3.07. The Morgan fingerprint density at radius 2 is 1.96 bits per heavy atom. The van der Waals surface area contributed by atoms with Gasteiger partial charge < -0.3 is 20.5 Å². The molecule has 2 aromatic rings. The smallest absolute Gasteiger partial charge is 0.193 e. The molecule has 0 spiro atoms. The molecular formula is C19H22BrN3O2. The van der Waals surface area contributed by atoms with E-state index >= 15 is 0 Å². The molecule has 3 rings (SSSR count). The fraction of sp³-hybridized carbons (Fsp3) is 0.316. The van der Waals surface area contributed by atoms with Crippen LogP contribution in [0, 0.1) is 0 Å². The van der Waals surface area contributed by atoms with Crippen molar-refractivity contribution in [2.45, 2.75) is 25.8 Å². The number of hydrogen-bond donors (Lipinski definition) is 2. The van der Waals surface area contributed by atoms with Gasteiger partial charge in [-0.2, -0.15) is 0 Å². The van der Waals surface area contributed by atoms with Gasteiger partial charge in [-0.15, -0.1) is 0 Å². The second-order valence-corrected chi connectivity index (χ2v) is 6.83. The van der Waals surface area contributed by atoms with Crippen LogP contribution >= 0.6 is 15.9 Å². The Kier molecular flexibility index (Phi) is 5.48. The third-order valence-electron chi connectivity index (χ3n) is 4.30. The third kappa shape index (κ3) is 4.07. The van der Waals surface area contributed by atoms with Crippen LogP contribution in [0.15, 0.2) is 39.8 Å². The number of guanidine groups is 1. The summed E-state index contributed by atoms with van der Waals surface area (Å²) in [5.41, 5.74) is 10.8. The van der Waals surface area contributed by atoms with Crippen molar-refractivity contribution in [3.05, 3.63) is 51.5 Å². The van der Waals surface area contributed by atoms with Gasteiger partial charge in [0.05, 0.1) is 25.2 Å². The van der Waals surface area contributed by atoms with E-state index in [0.29, 0.717) is 24.0 Å². The molecule has 25 heavy (non-hydrogen) atoms. The molecule has 1 aliphatic rings. The minimum Gasteiger partial charge on any atom is -0.493 e. The van der Waals surface area contributed by atoms with Crippen molar-refractivity contribution in [3.63, 3.8) is 0 Å². The van der Waals surface area contributed by atoms with Crippen LogP contribution in [-0.4, -0.2) is 20.2 Å². The maximum absolute atomic E-state index is 6.03. The molecule has 0 bridgehead atoms. The molecule has 0 heterocycles. The summed E-state index contributed by atoms with van der Waals surface area (Å²) < 4.78 is 11.5. The van der Waals surface area contributed by atoms with Crippen molar-refractivity contribution < 1.29 is 9.47 Å². The molecule has 0 radical (unpaired) electrons. The standard InChI is InChI=1S/C19H22BrN3O2/c1-24-17-9-12(8-16(20)18(17)25-2)11-22-19(21)23-15-7-6-13-4-3-5-14(13)10-15/h6-10H,3-5,11H2,1-2H3,(H3,21,22,23). The quantitative estimate of drug-likeness (QED) is 0.586. The summed E-state index contributed by atoms with van der Waals surface area (Å²) in [4.78, 5) is 4.42.